The number of rotatable bonds is 5. The van der Waals surface area contributed by atoms with Crippen molar-refractivity contribution in [3.63, 3.8) is 0 Å². The van der Waals surface area contributed by atoms with E-state index in [4.69, 9.17) is 5.73 Å². The smallest absolute Gasteiger partial charge is 0.240 e. The number of amides is 1. The van der Waals surface area contributed by atoms with Gasteiger partial charge in [0.15, 0.2) is 0 Å². The van der Waals surface area contributed by atoms with Crippen LogP contribution in [-0.2, 0) is 4.79 Å². The maximum atomic E-state index is 14.2. The molecule has 136 valence electrons. The zero-order valence-electron chi connectivity index (χ0n) is 14.7. The molecule has 1 amide bonds. The van der Waals surface area contributed by atoms with Crippen molar-refractivity contribution >= 4 is 11.5 Å². The van der Waals surface area contributed by atoms with Crippen molar-refractivity contribution in [1.29, 1.82) is 0 Å². The number of benzene rings is 2. The fourth-order valence-corrected chi connectivity index (χ4v) is 3.32. The van der Waals surface area contributed by atoms with Gasteiger partial charge in [0.2, 0.25) is 5.91 Å². The summed E-state index contributed by atoms with van der Waals surface area (Å²) in [6.45, 7) is 2.17. The van der Waals surface area contributed by atoms with Gasteiger partial charge >= 0.3 is 0 Å². The van der Waals surface area contributed by atoms with Gasteiger partial charge in [-0.25, -0.2) is 8.78 Å². The summed E-state index contributed by atoms with van der Waals surface area (Å²) in [5.74, 6) is -1.19. The predicted molar refractivity (Wildman–Crippen MR) is 98.1 cm³/mol. The van der Waals surface area contributed by atoms with E-state index in [0.717, 1.165) is 24.1 Å². The molecule has 2 aromatic carbocycles. The molecule has 0 aliphatic carbocycles. The zero-order valence-corrected chi connectivity index (χ0v) is 14.7. The maximum absolute atomic E-state index is 14.2. The number of hydrogen-bond donors (Lipinski definition) is 1. The third-order valence-electron chi connectivity index (χ3n) is 4.65. The molecule has 1 unspecified atom stereocenters. The van der Waals surface area contributed by atoms with Crippen LogP contribution in [0.3, 0.4) is 0 Å². The standard InChI is InChI=1S/C21H22F2N2O/c1-2-6-19(24)21(26)25-13-15(17-12-16(22)9-10-18(17)23)11-20(25)14-7-4-3-5-8-14/h3-5,7-12,19-20H,2,6,13,24H2,1H3/t19-,20?/m0/s1. The fraction of sp³-hybridized carbons (Fsp3) is 0.286. The highest BCUT2D eigenvalue weighted by Crippen LogP contribution is 2.36. The SMILES string of the molecule is CCC[C@H](N)C(=O)N1CC(c2cc(F)ccc2F)=CC1c1ccccc1. The van der Waals surface area contributed by atoms with E-state index in [1.54, 1.807) is 4.90 Å². The van der Waals surface area contributed by atoms with Crippen molar-refractivity contribution < 1.29 is 13.6 Å². The lowest BCUT2D eigenvalue weighted by Crippen LogP contribution is -2.43. The second-order valence-electron chi connectivity index (χ2n) is 6.53. The zero-order chi connectivity index (χ0) is 18.7. The normalized spacial score (nSPS) is 17.9. The molecule has 0 bridgehead atoms. The second kappa shape index (κ2) is 7.79. The van der Waals surface area contributed by atoms with E-state index in [9.17, 15) is 13.6 Å². The largest absolute Gasteiger partial charge is 0.326 e. The van der Waals surface area contributed by atoms with Crippen molar-refractivity contribution in [1.82, 2.24) is 4.90 Å². The molecule has 3 rings (SSSR count). The van der Waals surface area contributed by atoms with Gasteiger partial charge in [0.25, 0.3) is 0 Å². The molecule has 1 aliphatic heterocycles. The number of nitrogens with zero attached hydrogens (tertiary/aromatic N) is 1. The minimum atomic E-state index is -0.601. The Kier molecular flexibility index (Phi) is 5.47. The van der Waals surface area contributed by atoms with Crippen LogP contribution in [-0.4, -0.2) is 23.4 Å². The molecule has 1 aliphatic rings. The van der Waals surface area contributed by atoms with Crippen LogP contribution in [0.5, 0.6) is 0 Å². The average molecular weight is 356 g/mol. The molecular weight excluding hydrogens is 334 g/mol. The molecule has 2 N–H and O–H groups in total. The van der Waals surface area contributed by atoms with E-state index in [1.807, 2.05) is 43.3 Å². The van der Waals surface area contributed by atoms with Crippen LogP contribution in [0.15, 0.2) is 54.6 Å². The first-order valence-electron chi connectivity index (χ1n) is 8.78. The topological polar surface area (TPSA) is 46.3 Å². The highest BCUT2D eigenvalue weighted by Gasteiger charge is 2.33. The Balaban J connectivity index is 1.98. The summed E-state index contributed by atoms with van der Waals surface area (Å²) in [5.41, 5.74) is 7.73. The first-order chi connectivity index (χ1) is 12.5. The minimum absolute atomic E-state index is 0.177. The summed E-state index contributed by atoms with van der Waals surface area (Å²) in [5, 5.41) is 0. The minimum Gasteiger partial charge on any atom is -0.326 e. The highest BCUT2D eigenvalue weighted by molar-refractivity contribution is 5.86. The van der Waals surface area contributed by atoms with Crippen LogP contribution in [0.25, 0.3) is 5.57 Å². The molecule has 2 aromatic rings. The molecule has 0 saturated carbocycles. The number of carbonyl (C=O) groups excluding carboxylic acids is 1. The molecule has 0 aromatic heterocycles. The van der Waals surface area contributed by atoms with Gasteiger partial charge in [0.05, 0.1) is 12.1 Å². The van der Waals surface area contributed by atoms with Gasteiger partial charge in [-0.15, -0.1) is 0 Å². The van der Waals surface area contributed by atoms with Crippen molar-refractivity contribution in [2.24, 2.45) is 5.73 Å². The van der Waals surface area contributed by atoms with Gasteiger partial charge < -0.3 is 10.6 Å². The lowest BCUT2D eigenvalue weighted by atomic mass is 10.0. The van der Waals surface area contributed by atoms with Crippen molar-refractivity contribution in [3.8, 4) is 0 Å². The van der Waals surface area contributed by atoms with Crippen LogP contribution >= 0.6 is 0 Å². The van der Waals surface area contributed by atoms with Crippen molar-refractivity contribution in [3.05, 3.63) is 77.4 Å². The average Bonchev–Trinajstić information content (AvgIpc) is 3.09. The summed E-state index contributed by atoms with van der Waals surface area (Å²) in [6, 6.07) is 11.9. The molecule has 0 saturated heterocycles. The monoisotopic (exact) mass is 356 g/mol. The van der Waals surface area contributed by atoms with Gasteiger partial charge in [-0.3, -0.25) is 4.79 Å². The van der Waals surface area contributed by atoms with Gasteiger partial charge in [0, 0.05) is 12.1 Å². The van der Waals surface area contributed by atoms with Crippen LogP contribution in [0.4, 0.5) is 8.78 Å². The highest BCUT2D eigenvalue weighted by atomic mass is 19.1. The van der Waals surface area contributed by atoms with E-state index < -0.39 is 17.7 Å². The summed E-state index contributed by atoms with van der Waals surface area (Å²) in [4.78, 5) is 14.5. The molecule has 0 fully saturated rings. The van der Waals surface area contributed by atoms with Crippen LogP contribution in [0.1, 0.15) is 36.9 Å². The molecular formula is C21H22F2N2O. The number of halogens is 2. The van der Waals surface area contributed by atoms with Gasteiger partial charge in [-0.1, -0.05) is 49.8 Å². The molecule has 5 heteroatoms. The molecule has 2 atom stereocenters. The molecule has 1 heterocycles. The van der Waals surface area contributed by atoms with E-state index in [-0.39, 0.29) is 24.1 Å². The second-order valence-corrected chi connectivity index (χ2v) is 6.53. The van der Waals surface area contributed by atoms with E-state index in [1.165, 1.54) is 6.07 Å². The fourth-order valence-electron chi connectivity index (χ4n) is 3.32. The van der Waals surface area contributed by atoms with Crippen LogP contribution in [0, 0.1) is 11.6 Å². The lowest BCUT2D eigenvalue weighted by molar-refractivity contribution is -0.133. The molecule has 26 heavy (non-hydrogen) atoms. The van der Waals surface area contributed by atoms with Gasteiger partial charge in [0.1, 0.15) is 11.6 Å². The van der Waals surface area contributed by atoms with Crippen LogP contribution < -0.4 is 5.73 Å². The first-order valence-corrected chi connectivity index (χ1v) is 8.78. The van der Waals surface area contributed by atoms with Crippen molar-refractivity contribution in [2.75, 3.05) is 6.54 Å². The Labute approximate surface area is 152 Å². The van der Waals surface area contributed by atoms with E-state index >= 15 is 0 Å². The van der Waals surface area contributed by atoms with Gasteiger partial charge in [-0.2, -0.15) is 0 Å². The van der Waals surface area contributed by atoms with Crippen molar-refractivity contribution in [2.45, 2.75) is 31.8 Å². The first kappa shape index (κ1) is 18.3. The lowest BCUT2D eigenvalue weighted by Gasteiger charge is -2.28. The Morgan fingerprint density at radius 1 is 1.23 bits per heavy atom. The molecule has 0 radical (unpaired) electrons. The quantitative estimate of drug-likeness (QED) is 0.878. The Bertz CT molecular complexity index is 820. The Hall–Kier alpha value is -2.53. The summed E-state index contributed by atoms with van der Waals surface area (Å²) in [7, 11) is 0. The Morgan fingerprint density at radius 2 is 1.96 bits per heavy atom. The number of carbonyl (C=O) groups is 1. The van der Waals surface area contributed by atoms with Gasteiger partial charge in [-0.05, 0) is 35.8 Å². The van der Waals surface area contributed by atoms with Crippen LogP contribution in [0.2, 0.25) is 0 Å². The van der Waals surface area contributed by atoms with E-state index in [0.29, 0.717) is 12.0 Å². The Morgan fingerprint density at radius 3 is 2.65 bits per heavy atom. The third kappa shape index (κ3) is 3.68. The molecule has 0 spiro atoms. The number of hydrogen-bond acceptors (Lipinski definition) is 2. The van der Waals surface area contributed by atoms with E-state index in [2.05, 4.69) is 0 Å². The summed E-state index contributed by atoms with van der Waals surface area (Å²) < 4.78 is 27.8. The maximum Gasteiger partial charge on any atom is 0.240 e. The number of nitrogens with two attached hydrogens (primary N) is 1. The third-order valence-corrected chi connectivity index (χ3v) is 4.65. The predicted octanol–water partition coefficient (Wildman–Crippen LogP) is 4.06. The summed E-state index contributed by atoms with van der Waals surface area (Å²) >= 11 is 0. The molecule has 3 nitrogen and oxygen atoms in total. The summed E-state index contributed by atoms with van der Waals surface area (Å²) in [6.07, 6.45) is 3.21.